The number of rotatable bonds is 10. The molecule has 0 aliphatic carbocycles. The zero-order valence-corrected chi connectivity index (χ0v) is 23.3. The predicted molar refractivity (Wildman–Crippen MR) is 130 cm³/mol. The molecule has 0 saturated carbocycles. The summed E-state index contributed by atoms with van der Waals surface area (Å²) >= 11 is 0. The van der Waals surface area contributed by atoms with Crippen LogP contribution >= 0.6 is 0 Å². The molecule has 1 saturated heterocycles. The van der Waals surface area contributed by atoms with Crippen LogP contribution in [-0.4, -0.2) is 17.7 Å². The van der Waals surface area contributed by atoms with E-state index in [1.54, 1.807) is 0 Å². The average molecular weight is 471 g/mol. The molecule has 0 aromatic heterocycles. The Balaban J connectivity index is 3.11. The summed E-state index contributed by atoms with van der Waals surface area (Å²) in [5.41, 5.74) is -1.18. The Morgan fingerprint density at radius 2 is 1.33 bits per heavy atom. The van der Waals surface area contributed by atoms with Crippen LogP contribution < -0.4 is 0 Å². The summed E-state index contributed by atoms with van der Waals surface area (Å²) in [4.78, 5) is 47.1. The van der Waals surface area contributed by atoms with Crippen molar-refractivity contribution >= 4 is 11.9 Å². The molecule has 33 heavy (non-hydrogen) atoms. The Morgan fingerprint density at radius 3 is 1.73 bits per heavy atom. The summed E-state index contributed by atoms with van der Waals surface area (Å²) in [5, 5.41) is 0. The maximum Gasteiger partial charge on any atom is 0.420 e. The Labute approximate surface area is 202 Å². The van der Waals surface area contributed by atoms with Gasteiger partial charge in [0.05, 0.1) is 5.41 Å². The van der Waals surface area contributed by atoms with E-state index >= 15 is 0 Å². The van der Waals surface area contributed by atoms with Gasteiger partial charge in [0.2, 0.25) is 0 Å². The highest BCUT2D eigenvalue weighted by Gasteiger charge is 2.64. The summed E-state index contributed by atoms with van der Waals surface area (Å²) in [6.45, 7) is 25.1. The third-order valence-electron chi connectivity index (χ3n) is 6.94. The fourth-order valence-corrected chi connectivity index (χ4v) is 5.46. The minimum absolute atomic E-state index is 0.0261. The van der Waals surface area contributed by atoms with Crippen molar-refractivity contribution in [3.8, 4) is 0 Å². The molecule has 1 aliphatic rings. The first-order valence-corrected chi connectivity index (χ1v) is 12.6. The Morgan fingerprint density at radius 1 is 0.818 bits per heavy atom. The molecule has 3 atom stereocenters. The highest BCUT2D eigenvalue weighted by atomic mass is 17.4. The van der Waals surface area contributed by atoms with Crippen LogP contribution in [0.25, 0.3) is 0 Å². The van der Waals surface area contributed by atoms with Gasteiger partial charge in [-0.25, -0.2) is 19.4 Å². The van der Waals surface area contributed by atoms with E-state index in [4.69, 9.17) is 19.6 Å². The number of carbonyl (C=O) groups is 2. The first-order valence-electron chi connectivity index (χ1n) is 12.6. The van der Waals surface area contributed by atoms with Crippen molar-refractivity contribution in [2.24, 2.45) is 33.5 Å². The maximum absolute atomic E-state index is 13.7. The van der Waals surface area contributed by atoms with Crippen LogP contribution in [0.1, 0.15) is 122 Å². The van der Waals surface area contributed by atoms with Gasteiger partial charge >= 0.3 is 17.7 Å². The minimum atomic E-state index is -1.50. The van der Waals surface area contributed by atoms with Gasteiger partial charge in [-0.15, -0.1) is 0 Å². The van der Waals surface area contributed by atoms with E-state index in [0.717, 1.165) is 25.7 Å². The van der Waals surface area contributed by atoms with E-state index in [1.165, 1.54) is 0 Å². The van der Waals surface area contributed by atoms with Gasteiger partial charge in [0.15, 0.2) is 0 Å². The van der Waals surface area contributed by atoms with E-state index in [9.17, 15) is 9.59 Å². The largest absolute Gasteiger partial charge is 0.420 e. The molecule has 1 aliphatic heterocycles. The van der Waals surface area contributed by atoms with Gasteiger partial charge < -0.3 is 0 Å². The summed E-state index contributed by atoms with van der Waals surface area (Å²) in [6.07, 6.45) is 5.20. The van der Waals surface area contributed by atoms with Crippen molar-refractivity contribution in [3.05, 3.63) is 0 Å². The van der Waals surface area contributed by atoms with E-state index < -0.39 is 28.6 Å². The molecule has 194 valence electrons. The van der Waals surface area contributed by atoms with Crippen molar-refractivity contribution in [1.82, 2.24) is 0 Å². The molecule has 6 nitrogen and oxygen atoms in total. The van der Waals surface area contributed by atoms with Crippen LogP contribution in [0, 0.1) is 33.5 Å². The molecule has 3 unspecified atom stereocenters. The molecule has 6 heteroatoms. The van der Waals surface area contributed by atoms with Gasteiger partial charge in [-0.3, -0.25) is 0 Å². The standard InChI is InChI=1S/C27H50O6/c1-13-14-15-16-26(25(10,11)12,19(2)17-23(4,5)6)21(28)30-31-22(29)27(32-33-27)20(3)18-24(7,8)9/h19-20H,13-18H2,1-12H3. The lowest BCUT2D eigenvalue weighted by atomic mass is 9.55. The molecule has 0 aromatic rings. The topological polar surface area (TPSA) is 77.7 Å². The van der Waals surface area contributed by atoms with Crippen LogP contribution in [0.2, 0.25) is 0 Å². The molecule has 1 heterocycles. The number of unbranched alkanes of at least 4 members (excludes halogenated alkanes) is 2. The van der Waals surface area contributed by atoms with E-state index in [-0.39, 0.29) is 22.7 Å². The SMILES string of the molecule is CCCCCC(C(=O)OOC(=O)C1(C(C)CC(C)(C)C)OO1)(C(C)CC(C)(C)C)C(C)(C)C. The summed E-state index contributed by atoms with van der Waals surface area (Å²) < 4.78 is 0. The smallest absolute Gasteiger partial charge is 0.247 e. The lowest BCUT2D eigenvalue weighted by Gasteiger charge is -2.47. The third-order valence-corrected chi connectivity index (χ3v) is 6.94. The first kappa shape index (κ1) is 29.9. The minimum Gasteiger partial charge on any atom is -0.247 e. The molecule has 0 bridgehead atoms. The van der Waals surface area contributed by atoms with Crippen molar-refractivity contribution in [3.63, 3.8) is 0 Å². The molecule has 0 amide bonds. The molecule has 0 aromatic carbocycles. The fourth-order valence-electron chi connectivity index (χ4n) is 5.46. The molecular weight excluding hydrogens is 420 g/mol. The Bertz CT molecular complexity index is 660. The van der Waals surface area contributed by atoms with Gasteiger partial charge in [-0.05, 0) is 41.4 Å². The first-order chi connectivity index (χ1) is 14.8. The fraction of sp³-hybridized carbons (Fsp3) is 0.926. The Kier molecular flexibility index (Phi) is 9.64. The van der Waals surface area contributed by atoms with Crippen LogP contribution in [0.15, 0.2) is 0 Å². The quantitative estimate of drug-likeness (QED) is 0.143. The molecule has 0 spiro atoms. The monoisotopic (exact) mass is 470 g/mol. The van der Waals surface area contributed by atoms with E-state index in [2.05, 4.69) is 76.2 Å². The zero-order chi connectivity index (χ0) is 25.9. The molecule has 0 N–H and O–H groups in total. The Hall–Kier alpha value is -1.14. The van der Waals surface area contributed by atoms with Crippen molar-refractivity contribution in [2.45, 2.75) is 127 Å². The van der Waals surface area contributed by atoms with Gasteiger partial charge in [-0.1, -0.05) is 102 Å². The van der Waals surface area contributed by atoms with Gasteiger partial charge in [0.25, 0.3) is 0 Å². The van der Waals surface area contributed by atoms with Gasteiger partial charge in [-0.2, -0.15) is 9.78 Å². The molecule has 1 fully saturated rings. The summed E-state index contributed by atoms with van der Waals surface area (Å²) in [5.74, 6) is -3.02. The second-order valence-electron chi connectivity index (χ2n) is 13.6. The lowest BCUT2D eigenvalue weighted by molar-refractivity contribution is -0.279. The second kappa shape index (κ2) is 10.6. The average Bonchev–Trinajstić information content (AvgIpc) is 3.41. The highest BCUT2D eigenvalue weighted by Crippen LogP contribution is 2.53. The lowest BCUT2D eigenvalue weighted by Crippen LogP contribution is -2.50. The highest BCUT2D eigenvalue weighted by molar-refractivity contribution is 5.82. The van der Waals surface area contributed by atoms with E-state index in [0.29, 0.717) is 12.8 Å². The zero-order valence-electron chi connectivity index (χ0n) is 23.3. The van der Waals surface area contributed by atoms with Gasteiger partial charge in [0, 0.05) is 5.92 Å². The van der Waals surface area contributed by atoms with Crippen LogP contribution in [-0.2, 0) is 29.1 Å². The molecule has 0 radical (unpaired) electrons. The molecular formula is C27H50O6. The number of hydrogen-bond acceptors (Lipinski definition) is 6. The van der Waals surface area contributed by atoms with Crippen LogP contribution in [0.3, 0.4) is 0 Å². The second-order valence-corrected chi connectivity index (χ2v) is 13.6. The van der Waals surface area contributed by atoms with Crippen molar-refractivity contribution in [2.75, 3.05) is 0 Å². The maximum atomic E-state index is 13.7. The summed E-state index contributed by atoms with van der Waals surface area (Å²) in [6, 6.07) is 0. The predicted octanol–water partition coefficient (Wildman–Crippen LogP) is 7.40. The third kappa shape index (κ3) is 7.68. The summed E-state index contributed by atoms with van der Waals surface area (Å²) in [7, 11) is 0. The van der Waals surface area contributed by atoms with E-state index in [1.807, 2.05) is 6.92 Å². The van der Waals surface area contributed by atoms with Gasteiger partial charge in [0.1, 0.15) is 0 Å². The molecule has 1 rings (SSSR count). The van der Waals surface area contributed by atoms with Crippen LogP contribution in [0.4, 0.5) is 0 Å². The van der Waals surface area contributed by atoms with Crippen molar-refractivity contribution in [1.29, 1.82) is 0 Å². The normalized spacial score (nSPS) is 19.9. The van der Waals surface area contributed by atoms with Crippen LogP contribution in [0.5, 0.6) is 0 Å². The van der Waals surface area contributed by atoms with Crippen molar-refractivity contribution < 1.29 is 29.1 Å². The number of hydrogen-bond donors (Lipinski definition) is 0. The number of carbonyl (C=O) groups excluding carboxylic acids is 2.